The molecule has 7 heteroatoms. The van der Waals surface area contributed by atoms with Gasteiger partial charge in [0, 0.05) is 41.3 Å². The molecule has 5 nitrogen and oxygen atoms in total. The molecule has 0 spiro atoms. The largest absolute Gasteiger partial charge is 0.481 e. The van der Waals surface area contributed by atoms with E-state index in [-0.39, 0.29) is 6.42 Å². The fraction of sp³-hybridized carbons (Fsp3) is 0.167. The molecule has 3 aromatic rings. The van der Waals surface area contributed by atoms with Crippen molar-refractivity contribution in [3.8, 4) is 21.8 Å². The van der Waals surface area contributed by atoms with E-state index < -0.39 is 5.97 Å². The monoisotopic (exact) mass is 373 g/mol. The first-order chi connectivity index (χ1) is 11.9. The molecule has 0 radical (unpaired) electrons. The Labute approximate surface area is 154 Å². The van der Waals surface area contributed by atoms with Crippen LogP contribution >= 0.6 is 22.9 Å². The molecule has 2 aromatic heterocycles. The lowest BCUT2D eigenvalue weighted by molar-refractivity contribution is -0.136. The fourth-order valence-electron chi connectivity index (χ4n) is 2.34. The number of rotatable bonds is 5. The average molecular weight is 374 g/mol. The molecule has 0 amide bonds. The van der Waals surface area contributed by atoms with Crippen LogP contribution in [0.25, 0.3) is 21.8 Å². The maximum absolute atomic E-state index is 11.2. The van der Waals surface area contributed by atoms with Crippen LogP contribution in [-0.4, -0.2) is 35.1 Å². The Balaban J connectivity index is 2.03. The molecule has 0 saturated heterocycles. The lowest BCUT2D eigenvalue weighted by Gasteiger charge is -2.10. The zero-order valence-electron chi connectivity index (χ0n) is 13.7. The molecule has 0 bridgehead atoms. The lowest BCUT2D eigenvalue weighted by Crippen LogP contribution is -2.09. The predicted molar refractivity (Wildman–Crippen MR) is 101 cm³/mol. The highest BCUT2D eigenvalue weighted by Gasteiger charge is 2.17. The van der Waals surface area contributed by atoms with Crippen molar-refractivity contribution in [1.29, 1.82) is 0 Å². The van der Waals surface area contributed by atoms with Crippen molar-refractivity contribution in [1.82, 2.24) is 9.97 Å². The number of halogens is 1. The van der Waals surface area contributed by atoms with E-state index in [0.29, 0.717) is 15.6 Å². The molecule has 25 heavy (non-hydrogen) atoms. The highest BCUT2D eigenvalue weighted by atomic mass is 35.5. The second-order valence-electron chi connectivity index (χ2n) is 5.67. The molecule has 0 unspecified atom stereocenters. The van der Waals surface area contributed by atoms with Gasteiger partial charge in [-0.1, -0.05) is 23.7 Å². The second-order valence-corrected chi connectivity index (χ2v) is 7.19. The Morgan fingerprint density at radius 3 is 2.40 bits per heavy atom. The van der Waals surface area contributed by atoms with E-state index in [2.05, 4.69) is 9.97 Å². The SMILES string of the molecule is CN(C)c1ccc(-c2nc(-c3ccc(Cl)cc3)c(CC(=O)O)s2)cn1. The minimum atomic E-state index is -0.883. The first-order valence-electron chi connectivity index (χ1n) is 7.55. The van der Waals surface area contributed by atoms with E-state index in [1.54, 1.807) is 18.3 Å². The fourth-order valence-corrected chi connectivity index (χ4v) is 3.53. The highest BCUT2D eigenvalue weighted by molar-refractivity contribution is 7.15. The van der Waals surface area contributed by atoms with Crippen molar-refractivity contribution in [3.05, 3.63) is 52.5 Å². The summed E-state index contributed by atoms with van der Waals surface area (Å²) in [6, 6.07) is 11.1. The molecule has 0 aliphatic carbocycles. The van der Waals surface area contributed by atoms with Crippen LogP contribution in [0.15, 0.2) is 42.6 Å². The summed E-state index contributed by atoms with van der Waals surface area (Å²) < 4.78 is 0. The van der Waals surface area contributed by atoms with Crippen LogP contribution in [0.2, 0.25) is 5.02 Å². The van der Waals surface area contributed by atoms with Crippen LogP contribution in [0, 0.1) is 0 Å². The molecular formula is C18H16ClN3O2S. The second kappa shape index (κ2) is 7.21. The number of aromatic nitrogens is 2. The first-order valence-corrected chi connectivity index (χ1v) is 8.74. The van der Waals surface area contributed by atoms with Gasteiger partial charge in [-0.3, -0.25) is 4.79 Å². The summed E-state index contributed by atoms with van der Waals surface area (Å²) in [5.41, 5.74) is 2.39. The Bertz CT molecular complexity index is 890. The number of carbonyl (C=O) groups is 1. The summed E-state index contributed by atoms with van der Waals surface area (Å²) >= 11 is 7.32. The standard InChI is InChI=1S/C18H16ClN3O2S/c1-22(2)15-8-5-12(10-20-15)18-21-17(14(25-18)9-16(23)24)11-3-6-13(19)7-4-11/h3-8,10H,9H2,1-2H3,(H,23,24). The zero-order chi connectivity index (χ0) is 18.0. The number of anilines is 1. The van der Waals surface area contributed by atoms with Gasteiger partial charge in [0.25, 0.3) is 0 Å². The number of thiazole rings is 1. The summed E-state index contributed by atoms with van der Waals surface area (Å²) in [4.78, 5) is 22.9. The van der Waals surface area contributed by atoms with Gasteiger partial charge in [-0.15, -0.1) is 11.3 Å². The molecule has 0 fully saturated rings. The van der Waals surface area contributed by atoms with Crippen molar-refractivity contribution in [2.75, 3.05) is 19.0 Å². The van der Waals surface area contributed by atoms with Gasteiger partial charge >= 0.3 is 5.97 Å². The molecule has 0 aliphatic rings. The van der Waals surface area contributed by atoms with Crippen LogP contribution in [0.5, 0.6) is 0 Å². The maximum Gasteiger partial charge on any atom is 0.308 e. The number of hydrogen-bond donors (Lipinski definition) is 1. The number of nitrogens with zero attached hydrogens (tertiary/aromatic N) is 3. The average Bonchev–Trinajstić information content (AvgIpc) is 2.98. The Morgan fingerprint density at radius 2 is 1.84 bits per heavy atom. The van der Waals surface area contributed by atoms with E-state index in [1.807, 2.05) is 43.3 Å². The number of benzene rings is 1. The molecule has 0 saturated carbocycles. The van der Waals surface area contributed by atoms with Crippen molar-refractivity contribution < 1.29 is 9.90 Å². The summed E-state index contributed by atoms with van der Waals surface area (Å²) in [7, 11) is 3.85. The molecule has 2 heterocycles. The number of aliphatic carboxylic acids is 1. The molecule has 0 aliphatic heterocycles. The van der Waals surface area contributed by atoms with E-state index in [0.717, 1.165) is 22.0 Å². The van der Waals surface area contributed by atoms with Gasteiger partial charge in [0.2, 0.25) is 0 Å². The summed E-state index contributed by atoms with van der Waals surface area (Å²) in [6.45, 7) is 0. The Kier molecular flexibility index (Phi) is 5.01. The zero-order valence-corrected chi connectivity index (χ0v) is 15.3. The number of carboxylic acid groups (broad SMARTS) is 1. The molecule has 128 valence electrons. The topological polar surface area (TPSA) is 66.3 Å². The molecule has 1 N–H and O–H groups in total. The van der Waals surface area contributed by atoms with Crippen LogP contribution in [0.4, 0.5) is 5.82 Å². The number of carboxylic acids is 1. The van der Waals surface area contributed by atoms with Gasteiger partial charge in [0.1, 0.15) is 10.8 Å². The molecule has 3 rings (SSSR count). The maximum atomic E-state index is 11.2. The molecular weight excluding hydrogens is 358 g/mol. The van der Waals surface area contributed by atoms with Crippen LogP contribution in [-0.2, 0) is 11.2 Å². The highest BCUT2D eigenvalue weighted by Crippen LogP contribution is 2.34. The van der Waals surface area contributed by atoms with Gasteiger partial charge in [0.15, 0.2) is 0 Å². The predicted octanol–water partition coefficient (Wildman–Crippen LogP) is 4.22. The summed E-state index contributed by atoms with van der Waals surface area (Å²) in [5.74, 6) is -0.0320. The van der Waals surface area contributed by atoms with E-state index in [1.165, 1.54) is 11.3 Å². The van der Waals surface area contributed by atoms with E-state index in [9.17, 15) is 9.90 Å². The van der Waals surface area contributed by atoms with Crippen molar-refractivity contribution in [3.63, 3.8) is 0 Å². The third-order valence-electron chi connectivity index (χ3n) is 3.58. The third kappa shape index (κ3) is 3.97. The minimum Gasteiger partial charge on any atom is -0.481 e. The summed E-state index contributed by atoms with van der Waals surface area (Å²) in [5, 5.41) is 10.6. The van der Waals surface area contributed by atoms with Crippen molar-refractivity contribution >= 4 is 34.7 Å². The summed E-state index contributed by atoms with van der Waals surface area (Å²) in [6.07, 6.45) is 1.68. The van der Waals surface area contributed by atoms with Crippen molar-refractivity contribution in [2.24, 2.45) is 0 Å². The van der Waals surface area contributed by atoms with E-state index >= 15 is 0 Å². The first kappa shape index (κ1) is 17.4. The van der Waals surface area contributed by atoms with Gasteiger partial charge in [-0.2, -0.15) is 0 Å². The minimum absolute atomic E-state index is 0.0706. The Hall–Kier alpha value is -2.44. The van der Waals surface area contributed by atoms with Gasteiger partial charge < -0.3 is 10.0 Å². The number of pyridine rings is 1. The molecule has 0 atom stereocenters. The van der Waals surface area contributed by atoms with Gasteiger partial charge in [-0.05, 0) is 24.3 Å². The van der Waals surface area contributed by atoms with Crippen LogP contribution in [0.3, 0.4) is 0 Å². The smallest absolute Gasteiger partial charge is 0.308 e. The normalized spacial score (nSPS) is 10.7. The Morgan fingerprint density at radius 1 is 1.16 bits per heavy atom. The lowest BCUT2D eigenvalue weighted by atomic mass is 10.1. The van der Waals surface area contributed by atoms with E-state index in [4.69, 9.17) is 11.6 Å². The third-order valence-corrected chi connectivity index (χ3v) is 4.94. The van der Waals surface area contributed by atoms with Crippen LogP contribution < -0.4 is 4.90 Å². The van der Waals surface area contributed by atoms with Gasteiger partial charge in [0.05, 0.1) is 12.1 Å². The molecule has 1 aromatic carbocycles. The quantitative estimate of drug-likeness (QED) is 0.725. The number of hydrogen-bond acceptors (Lipinski definition) is 5. The van der Waals surface area contributed by atoms with Crippen molar-refractivity contribution in [2.45, 2.75) is 6.42 Å². The van der Waals surface area contributed by atoms with Crippen LogP contribution in [0.1, 0.15) is 4.88 Å². The van der Waals surface area contributed by atoms with Gasteiger partial charge in [-0.25, -0.2) is 9.97 Å².